The first-order chi connectivity index (χ1) is 6.81. The van der Waals surface area contributed by atoms with Crippen LogP contribution in [0.1, 0.15) is 5.82 Å². The van der Waals surface area contributed by atoms with E-state index in [0.717, 1.165) is 17.2 Å². The molecule has 0 spiro atoms. The van der Waals surface area contributed by atoms with E-state index in [0.29, 0.717) is 0 Å². The Morgan fingerprint density at radius 2 is 2.21 bits per heavy atom. The molecule has 0 aliphatic heterocycles. The molecule has 3 heteroatoms. The van der Waals surface area contributed by atoms with Crippen LogP contribution in [0.15, 0.2) is 36.7 Å². The van der Waals surface area contributed by atoms with Gasteiger partial charge in [-0.3, -0.25) is 0 Å². The maximum Gasteiger partial charge on any atom is 0.110 e. The van der Waals surface area contributed by atoms with Gasteiger partial charge in [-0.05, 0) is 25.1 Å². The van der Waals surface area contributed by atoms with Crippen LogP contribution < -0.4 is 5.32 Å². The second-order valence-corrected chi connectivity index (χ2v) is 3.14. The Bertz CT molecular complexity index is 432. The molecular formula is C11H13N3. The highest BCUT2D eigenvalue weighted by atomic mass is 15.1. The average molecular weight is 187 g/mol. The Balaban J connectivity index is 2.47. The lowest BCUT2D eigenvalue weighted by atomic mass is 10.2. The second kappa shape index (κ2) is 3.54. The van der Waals surface area contributed by atoms with Crippen molar-refractivity contribution >= 4 is 5.69 Å². The molecule has 0 bridgehead atoms. The highest BCUT2D eigenvalue weighted by molar-refractivity contribution is 5.50. The van der Waals surface area contributed by atoms with Crippen LogP contribution in [0.4, 0.5) is 5.69 Å². The molecule has 2 rings (SSSR count). The van der Waals surface area contributed by atoms with Crippen molar-refractivity contribution in [3.8, 4) is 5.69 Å². The van der Waals surface area contributed by atoms with E-state index in [-0.39, 0.29) is 0 Å². The quantitative estimate of drug-likeness (QED) is 0.781. The number of hydrogen-bond acceptors (Lipinski definition) is 2. The minimum absolute atomic E-state index is 0.998. The minimum atomic E-state index is 0.998. The Labute approximate surface area is 83.4 Å². The van der Waals surface area contributed by atoms with E-state index in [1.807, 2.05) is 32.3 Å². The molecule has 1 N–H and O–H groups in total. The fourth-order valence-corrected chi connectivity index (χ4v) is 1.46. The topological polar surface area (TPSA) is 29.9 Å². The predicted molar refractivity (Wildman–Crippen MR) is 57.8 cm³/mol. The van der Waals surface area contributed by atoms with Gasteiger partial charge in [0.15, 0.2) is 0 Å². The first-order valence-electron chi connectivity index (χ1n) is 4.59. The molecule has 0 unspecified atom stereocenters. The molecule has 2 aromatic rings. The molecule has 0 aliphatic carbocycles. The predicted octanol–water partition coefficient (Wildman–Crippen LogP) is 2.22. The van der Waals surface area contributed by atoms with Gasteiger partial charge >= 0.3 is 0 Å². The van der Waals surface area contributed by atoms with E-state index in [1.165, 1.54) is 0 Å². The molecule has 3 nitrogen and oxygen atoms in total. The van der Waals surface area contributed by atoms with Crippen molar-refractivity contribution in [1.82, 2.24) is 9.55 Å². The molecule has 0 fully saturated rings. The molecule has 0 saturated carbocycles. The highest BCUT2D eigenvalue weighted by Crippen LogP contribution is 2.15. The van der Waals surface area contributed by atoms with Crippen molar-refractivity contribution in [2.24, 2.45) is 0 Å². The van der Waals surface area contributed by atoms with Gasteiger partial charge in [0, 0.05) is 30.8 Å². The number of nitrogens with zero attached hydrogens (tertiary/aromatic N) is 2. The van der Waals surface area contributed by atoms with Gasteiger partial charge in [-0.1, -0.05) is 6.07 Å². The van der Waals surface area contributed by atoms with Gasteiger partial charge in [0.2, 0.25) is 0 Å². The lowest BCUT2D eigenvalue weighted by Gasteiger charge is -2.06. The molecule has 1 aromatic heterocycles. The third-order valence-electron chi connectivity index (χ3n) is 2.24. The summed E-state index contributed by atoms with van der Waals surface area (Å²) < 4.78 is 2.06. The number of aromatic nitrogens is 2. The van der Waals surface area contributed by atoms with Crippen LogP contribution in [-0.2, 0) is 0 Å². The smallest absolute Gasteiger partial charge is 0.110 e. The van der Waals surface area contributed by atoms with Crippen molar-refractivity contribution < 1.29 is 0 Å². The number of rotatable bonds is 2. The van der Waals surface area contributed by atoms with Gasteiger partial charge in [-0.2, -0.15) is 0 Å². The van der Waals surface area contributed by atoms with Gasteiger partial charge < -0.3 is 9.88 Å². The van der Waals surface area contributed by atoms with Crippen LogP contribution in [0, 0.1) is 6.92 Å². The number of aryl methyl sites for hydroxylation is 1. The summed E-state index contributed by atoms with van der Waals surface area (Å²) in [6.07, 6.45) is 3.77. The first kappa shape index (κ1) is 8.81. The Hall–Kier alpha value is -1.77. The number of benzene rings is 1. The van der Waals surface area contributed by atoms with E-state index in [2.05, 4.69) is 27.0 Å². The zero-order chi connectivity index (χ0) is 9.97. The zero-order valence-corrected chi connectivity index (χ0v) is 8.36. The van der Waals surface area contributed by atoms with Crippen molar-refractivity contribution in [2.45, 2.75) is 6.92 Å². The normalized spacial score (nSPS) is 10.1. The van der Waals surface area contributed by atoms with E-state index in [4.69, 9.17) is 0 Å². The Morgan fingerprint density at radius 3 is 2.86 bits per heavy atom. The molecule has 0 aliphatic rings. The number of anilines is 1. The van der Waals surface area contributed by atoms with Crippen molar-refractivity contribution in [3.63, 3.8) is 0 Å². The van der Waals surface area contributed by atoms with Crippen LogP contribution >= 0.6 is 0 Å². The molecule has 0 radical (unpaired) electrons. The van der Waals surface area contributed by atoms with Gasteiger partial charge in [0.05, 0.1) is 0 Å². The van der Waals surface area contributed by atoms with Gasteiger partial charge in [0.1, 0.15) is 5.82 Å². The third-order valence-corrected chi connectivity index (χ3v) is 2.24. The fraction of sp³-hybridized carbons (Fsp3) is 0.182. The van der Waals surface area contributed by atoms with Gasteiger partial charge in [-0.25, -0.2) is 4.98 Å². The van der Waals surface area contributed by atoms with Crippen LogP contribution in [-0.4, -0.2) is 16.6 Å². The summed E-state index contributed by atoms with van der Waals surface area (Å²) in [6.45, 7) is 1.99. The third kappa shape index (κ3) is 1.48. The maximum absolute atomic E-state index is 4.19. The van der Waals surface area contributed by atoms with Crippen LogP contribution in [0.2, 0.25) is 0 Å². The van der Waals surface area contributed by atoms with Crippen LogP contribution in [0.5, 0.6) is 0 Å². The monoisotopic (exact) mass is 187 g/mol. The molecule has 0 amide bonds. The van der Waals surface area contributed by atoms with E-state index >= 15 is 0 Å². The summed E-state index contributed by atoms with van der Waals surface area (Å²) in [5.41, 5.74) is 2.24. The lowest BCUT2D eigenvalue weighted by Crippen LogP contribution is -1.96. The number of nitrogens with one attached hydrogen (secondary N) is 1. The Morgan fingerprint density at radius 1 is 1.36 bits per heavy atom. The number of hydrogen-bond donors (Lipinski definition) is 1. The van der Waals surface area contributed by atoms with E-state index in [1.54, 1.807) is 6.20 Å². The molecular weight excluding hydrogens is 174 g/mol. The van der Waals surface area contributed by atoms with Crippen molar-refractivity contribution in [3.05, 3.63) is 42.5 Å². The standard InChI is InChI=1S/C11H13N3/c1-9-13-6-7-14(9)11-5-3-4-10(8-11)12-2/h3-8,12H,1-2H3. The minimum Gasteiger partial charge on any atom is -0.388 e. The molecule has 72 valence electrons. The average Bonchev–Trinajstić information content (AvgIpc) is 2.65. The lowest BCUT2D eigenvalue weighted by molar-refractivity contribution is 0.975. The van der Waals surface area contributed by atoms with Crippen molar-refractivity contribution in [2.75, 3.05) is 12.4 Å². The molecule has 1 heterocycles. The van der Waals surface area contributed by atoms with E-state index in [9.17, 15) is 0 Å². The van der Waals surface area contributed by atoms with E-state index < -0.39 is 0 Å². The summed E-state index contributed by atoms with van der Waals surface area (Å²) in [5, 5.41) is 3.12. The van der Waals surface area contributed by atoms with Crippen molar-refractivity contribution in [1.29, 1.82) is 0 Å². The Kier molecular flexibility index (Phi) is 2.23. The van der Waals surface area contributed by atoms with Crippen LogP contribution in [0.3, 0.4) is 0 Å². The molecule has 0 saturated heterocycles. The molecule has 1 aromatic carbocycles. The molecule has 14 heavy (non-hydrogen) atoms. The summed E-state index contributed by atoms with van der Waals surface area (Å²) in [5.74, 6) is 0.998. The fourth-order valence-electron chi connectivity index (χ4n) is 1.46. The summed E-state index contributed by atoms with van der Waals surface area (Å²) in [6, 6.07) is 8.22. The largest absolute Gasteiger partial charge is 0.388 e. The molecule has 0 atom stereocenters. The summed E-state index contributed by atoms with van der Waals surface area (Å²) in [7, 11) is 1.92. The maximum atomic E-state index is 4.19. The first-order valence-corrected chi connectivity index (χ1v) is 4.59. The highest BCUT2D eigenvalue weighted by Gasteiger charge is 1.99. The van der Waals surface area contributed by atoms with Crippen LogP contribution in [0.25, 0.3) is 5.69 Å². The SMILES string of the molecule is CNc1cccc(-n2ccnc2C)c1. The van der Waals surface area contributed by atoms with Gasteiger partial charge in [-0.15, -0.1) is 0 Å². The second-order valence-electron chi connectivity index (χ2n) is 3.14. The number of imidazole rings is 1. The zero-order valence-electron chi connectivity index (χ0n) is 8.36. The van der Waals surface area contributed by atoms with Gasteiger partial charge in [0.25, 0.3) is 0 Å². The summed E-state index contributed by atoms with van der Waals surface area (Å²) in [4.78, 5) is 4.19. The summed E-state index contributed by atoms with van der Waals surface area (Å²) >= 11 is 0.